The minimum atomic E-state index is -0.519. The van der Waals surface area contributed by atoms with Crippen LogP contribution >= 0.6 is 11.6 Å². The highest BCUT2D eigenvalue weighted by atomic mass is 35.5. The monoisotopic (exact) mass is 464 g/mol. The number of rotatable bonds is 6. The van der Waals surface area contributed by atoms with E-state index < -0.39 is 11.8 Å². The molecule has 0 atom stereocenters. The summed E-state index contributed by atoms with van der Waals surface area (Å²) in [5, 5.41) is 0.633. The lowest BCUT2D eigenvalue weighted by molar-refractivity contribution is -0.122. The third kappa shape index (κ3) is 5.07. The van der Waals surface area contributed by atoms with Crippen LogP contribution in [0.5, 0.6) is 5.75 Å². The van der Waals surface area contributed by atoms with E-state index >= 15 is 0 Å². The van der Waals surface area contributed by atoms with Gasteiger partial charge in [0.15, 0.2) is 0 Å². The number of fused-ring (bicyclic) bond motifs is 1. The number of para-hydroxylation sites is 2. The van der Waals surface area contributed by atoms with Crippen LogP contribution in [0.2, 0.25) is 5.02 Å². The summed E-state index contributed by atoms with van der Waals surface area (Å²) in [7, 11) is 1.64. The fourth-order valence-corrected chi connectivity index (χ4v) is 3.47. The average molecular weight is 465 g/mol. The van der Waals surface area contributed by atoms with Crippen molar-refractivity contribution in [1.29, 1.82) is 0 Å². The Morgan fingerprint density at radius 3 is 2.27 bits per heavy atom. The number of ether oxygens (including phenoxy) is 1. The van der Waals surface area contributed by atoms with Gasteiger partial charge in [-0.25, -0.2) is 4.79 Å². The Labute approximate surface area is 194 Å². The molecule has 2 amide bonds. The van der Waals surface area contributed by atoms with Crippen molar-refractivity contribution in [3.05, 3.63) is 99.4 Å². The fraction of sp³-hybridized carbons (Fsp3) is 0.125. The molecule has 0 radical (unpaired) electrons. The van der Waals surface area contributed by atoms with Gasteiger partial charge in [0.2, 0.25) is 0 Å². The molecule has 0 bridgehead atoms. The zero-order chi connectivity index (χ0) is 23.4. The zero-order valence-electron chi connectivity index (χ0n) is 17.7. The summed E-state index contributed by atoms with van der Waals surface area (Å²) in [5.74, 6) is -0.303. The Morgan fingerprint density at radius 1 is 0.909 bits per heavy atom. The van der Waals surface area contributed by atoms with Crippen LogP contribution in [0.25, 0.3) is 11.0 Å². The van der Waals surface area contributed by atoms with Gasteiger partial charge in [-0.05, 0) is 54.1 Å². The van der Waals surface area contributed by atoms with Gasteiger partial charge in [-0.15, -0.1) is 0 Å². The van der Waals surface area contributed by atoms with E-state index in [2.05, 4.69) is 10.9 Å². The summed E-state index contributed by atoms with van der Waals surface area (Å²) in [6.45, 7) is 0.113. The van der Waals surface area contributed by atoms with E-state index in [1.807, 2.05) is 6.07 Å². The van der Waals surface area contributed by atoms with Gasteiger partial charge in [-0.2, -0.15) is 0 Å². The second kappa shape index (κ2) is 9.62. The number of amides is 2. The zero-order valence-corrected chi connectivity index (χ0v) is 18.5. The summed E-state index contributed by atoms with van der Waals surface area (Å²) < 4.78 is 8.50. The number of hydrazine groups is 1. The average Bonchev–Trinajstić information content (AvgIpc) is 3.07. The van der Waals surface area contributed by atoms with Crippen LogP contribution in [0.1, 0.15) is 15.9 Å². The van der Waals surface area contributed by atoms with Gasteiger partial charge in [0.25, 0.3) is 11.8 Å². The van der Waals surface area contributed by atoms with Gasteiger partial charge in [-0.1, -0.05) is 35.9 Å². The van der Waals surface area contributed by atoms with Crippen molar-refractivity contribution in [3.8, 4) is 5.75 Å². The molecule has 1 aromatic heterocycles. The Balaban J connectivity index is 1.31. The predicted molar refractivity (Wildman–Crippen MR) is 125 cm³/mol. The van der Waals surface area contributed by atoms with E-state index in [0.29, 0.717) is 28.5 Å². The van der Waals surface area contributed by atoms with Crippen molar-refractivity contribution >= 4 is 34.4 Å². The molecule has 1 heterocycles. The number of carbonyl (C=O) groups excluding carboxylic acids is 2. The van der Waals surface area contributed by atoms with Gasteiger partial charge in [0.05, 0.1) is 11.0 Å². The summed E-state index contributed by atoms with van der Waals surface area (Å²) in [6, 6.07) is 21.0. The number of halogens is 1. The third-order valence-electron chi connectivity index (χ3n) is 5.10. The van der Waals surface area contributed by atoms with Crippen LogP contribution in [0.3, 0.4) is 0 Å². The molecule has 4 rings (SSSR count). The molecule has 168 valence electrons. The number of imidazole rings is 1. The summed E-state index contributed by atoms with van der Waals surface area (Å²) in [4.78, 5) is 37.1. The minimum Gasteiger partial charge on any atom is -0.489 e. The van der Waals surface area contributed by atoms with Crippen LogP contribution in [0.15, 0.2) is 77.6 Å². The largest absolute Gasteiger partial charge is 0.489 e. The van der Waals surface area contributed by atoms with Crippen LogP contribution in [-0.2, 0) is 25.0 Å². The molecule has 4 aromatic rings. The number of benzene rings is 3. The fourth-order valence-electron chi connectivity index (χ4n) is 3.35. The first-order chi connectivity index (χ1) is 15.9. The lowest BCUT2D eigenvalue weighted by atomic mass is 10.1. The molecule has 0 unspecified atom stereocenters. The molecule has 0 saturated carbocycles. The molecule has 0 spiro atoms. The maximum Gasteiger partial charge on any atom is 0.329 e. The Morgan fingerprint density at radius 2 is 1.58 bits per heavy atom. The first-order valence-corrected chi connectivity index (χ1v) is 10.5. The quantitative estimate of drug-likeness (QED) is 0.429. The van der Waals surface area contributed by atoms with E-state index in [4.69, 9.17) is 16.3 Å². The minimum absolute atomic E-state index is 0.221. The molecule has 33 heavy (non-hydrogen) atoms. The second-order valence-corrected chi connectivity index (χ2v) is 7.79. The third-order valence-corrected chi connectivity index (χ3v) is 5.36. The van der Waals surface area contributed by atoms with E-state index in [-0.39, 0.29) is 12.2 Å². The molecule has 8 nitrogen and oxygen atoms in total. The van der Waals surface area contributed by atoms with E-state index in [9.17, 15) is 14.4 Å². The maximum absolute atomic E-state index is 12.4. The van der Waals surface area contributed by atoms with Crippen molar-refractivity contribution in [3.63, 3.8) is 0 Å². The molecule has 3 aromatic carbocycles. The van der Waals surface area contributed by atoms with Gasteiger partial charge < -0.3 is 4.74 Å². The van der Waals surface area contributed by atoms with Gasteiger partial charge in [0, 0.05) is 17.6 Å². The van der Waals surface area contributed by atoms with Crippen LogP contribution in [-0.4, -0.2) is 20.9 Å². The van der Waals surface area contributed by atoms with Crippen molar-refractivity contribution in [1.82, 2.24) is 20.0 Å². The number of hydrogen-bond acceptors (Lipinski definition) is 4. The molecular weight excluding hydrogens is 444 g/mol. The summed E-state index contributed by atoms with van der Waals surface area (Å²) >= 11 is 5.86. The Hall–Kier alpha value is -4.04. The normalized spacial score (nSPS) is 10.7. The standard InChI is InChI=1S/C24H21ClN4O4/c1-28-20-4-2-3-5-21(20)29(24(28)32)14-22(30)26-27-23(31)17-8-6-16(7-9-17)15-33-19-12-10-18(25)11-13-19/h2-13H,14-15H2,1H3,(H,26,30)(H,27,31). The van der Waals surface area contributed by atoms with E-state index in [0.717, 1.165) is 11.1 Å². The highest BCUT2D eigenvalue weighted by Gasteiger charge is 2.14. The summed E-state index contributed by atoms with van der Waals surface area (Å²) in [6.07, 6.45) is 0. The first kappa shape index (κ1) is 22.2. The molecule has 9 heteroatoms. The summed E-state index contributed by atoms with van der Waals surface area (Å²) in [5.41, 5.74) is 7.02. The van der Waals surface area contributed by atoms with Gasteiger partial charge >= 0.3 is 5.69 Å². The smallest absolute Gasteiger partial charge is 0.329 e. The van der Waals surface area contributed by atoms with Crippen molar-refractivity contribution in [2.75, 3.05) is 0 Å². The molecule has 0 fully saturated rings. The highest BCUT2D eigenvalue weighted by Crippen LogP contribution is 2.17. The molecule has 0 aliphatic carbocycles. The van der Waals surface area contributed by atoms with Gasteiger partial charge in [-0.3, -0.25) is 29.6 Å². The molecule has 2 N–H and O–H groups in total. The number of carbonyl (C=O) groups is 2. The second-order valence-electron chi connectivity index (χ2n) is 7.36. The van der Waals surface area contributed by atoms with Crippen LogP contribution in [0, 0.1) is 0 Å². The lowest BCUT2D eigenvalue weighted by Crippen LogP contribution is -2.44. The van der Waals surface area contributed by atoms with E-state index in [1.165, 1.54) is 9.13 Å². The molecule has 0 aliphatic rings. The predicted octanol–water partition coefficient (Wildman–Crippen LogP) is 3.03. The topological polar surface area (TPSA) is 94.4 Å². The van der Waals surface area contributed by atoms with Gasteiger partial charge in [0.1, 0.15) is 18.9 Å². The Bertz CT molecular complexity index is 1360. The number of aromatic nitrogens is 2. The van der Waals surface area contributed by atoms with Crippen LogP contribution in [0.4, 0.5) is 0 Å². The molecular formula is C24H21ClN4O4. The van der Waals surface area contributed by atoms with Crippen molar-refractivity contribution < 1.29 is 14.3 Å². The highest BCUT2D eigenvalue weighted by molar-refractivity contribution is 6.30. The van der Waals surface area contributed by atoms with E-state index in [1.54, 1.807) is 73.8 Å². The number of aryl methyl sites for hydroxylation is 1. The number of hydrogen-bond donors (Lipinski definition) is 2. The first-order valence-electron chi connectivity index (χ1n) is 10.1. The lowest BCUT2D eigenvalue weighted by Gasteiger charge is -2.09. The maximum atomic E-state index is 12.4. The van der Waals surface area contributed by atoms with Crippen LogP contribution < -0.4 is 21.3 Å². The molecule has 0 saturated heterocycles. The Kier molecular flexibility index (Phi) is 6.46. The molecule has 0 aliphatic heterocycles. The SMILES string of the molecule is Cn1c(=O)n(CC(=O)NNC(=O)c2ccc(COc3ccc(Cl)cc3)cc2)c2ccccc21. The number of nitrogens with zero attached hydrogens (tertiary/aromatic N) is 2. The van der Waals surface area contributed by atoms with Crippen molar-refractivity contribution in [2.24, 2.45) is 7.05 Å². The van der Waals surface area contributed by atoms with Crippen molar-refractivity contribution in [2.45, 2.75) is 13.2 Å². The number of nitrogens with one attached hydrogen (secondary N) is 2.